The molecule has 0 heterocycles. The van der Waals surface area contributed by atoms with Gasteiger partial charge in [0.05, 0.1) is 20.1 Å². The average Bonchev–Trinajstić information content (AvgIpc) is 2.42. The first-order valence-corrected chi connectivity index (χ1v) is 6.45. The predicted octanol–water partition coefficient (Wildman–Crippen LogP) is 2.51. The summed E-state index contributed by atoms with van der Waals surface area (Å²) in [7, 11) is 3.04. The van der Waals surface area contributed by atoms with Gasteiger partial charge in [-0.25, -0.2) is 0 Å². The standard InChI is InChI=1S/C15H23NO3/c1-6-11(15(17)19-5)14(16)12-7-8-13(18-4)10(3)9(12)2/h7-8,11,14H,6,16H2,1-5H3. The highest BCUT2D eigenvalue weighted by Crippen LogP contribution is 2.31. The van der Waals surface area contributed by atoms with E-state index >= 15 is 0 Å². The SMILES string of the molecule is CCC(C(=O)OC)C(N)c1ccc(OC)c(C)c1C. The molecule has 0 radical (unpaired) electrons. The molecule has 2 atom stereocenters. The molecule has 2 N–H and O–H groups in total. The highest BCUT2D eigenvalue weighted by molar-refractivity contribution is 5.73. The second-order valence-electron chi connectivity index (χ2n) is 4.67. The van der Waals surface area contributed by atoms with Crippen LogP contribution in [0.5, 0.6) is 5.75 Å². The molecule has 19 heavy (non-hydrogen) atoms. The van der Waals surface area contributed by atoms with Gasteiger partial charge < -0.3 is 15.2 Å². The molecule has 4 heteroatoms. The molecule has 0 fully saturated rings. The fourth-order valence-corrected chi connectivity index (χ4v) is 2.33. The molecule has 0 amide bonds. The van der Waals surface area contributed by atoms with Crippen molar-refractivity contribution in [3.8, 4) is 5.75 Å². The summed E-state index contributed by atoms with van der Waals surface area (Å²) in [5.41, 5.74) is 9.33. The van der Waals surface area contributed by atoms with Crippen LogP contribution in [0.1, 0.15) is 36.1 Å². The van der Waals surface area contributed by atoms with Crippen molar-refractivity contribution in [3.63, 3.8) is 0 Å². The molecule has 0 bridgehead atoms. The van der Waals surface area contributed by atoms with Crippen molar-refractivity contribution >= 4 is 5.97 Å². The number of carbonyl (C=O) groups excluding carboxylic acids is 1. The molecule has 4 nitrogen and oxygen atoms in total. The Morgan fingerprint density at radius 1 is 1.26 bits per heavy atom. The highest BCUT2D eigenvalue weighted by Gasteiger charge is 2.27. The Labute approximate surface area is 114 Å². The number of carbonyl (C=O) groups is 1. The summed E-state index contributed by atoms with van der Waals surface area (Å²) < 4.78 is 10.1. The average molecular weight is 265 g/mol. The Morgan fingerprint density at radius 3 is 2.37 bits per heavy atom. The fourth-order valence-electron chi connectivity index (χ4n) is 2.33. The summed E-state index contributed by atoms with van der Waals surface area (Å²) in [4.78, 5) is 11.8. The topological polar surface area (TPSA) is 61.5 Å². The highest BCUT2D eigenvalue weighted by atomic mass is 16.5. The first kappa shape index (κ1) is 15.5. The molecular formula is C15H23NO3. The van der Waals surface area contributed by atoms with Gasteiger partial charge in [-0.2, -0.15) is 0 Å². The first-order chi connectivity index (χ1) is 8.97. The van der Waals surface area contributed by atoms with Crippen LogP contribution in [0.15, 0.2) is 12.1 Å². The molecule has 0 spiro atoms. The van der Waals surface area contributed by atoms with E-state index in [2.05, 4.69) is 0 Å². The number of nitrogens with two attached hydrogens (primary N) is 1. The largest absolute Gasteiger partial charge is 0.496 e. The van der Waals surface area contributed by atoms with Gasteiger partial charge in [0.15, 0.2) is 0 Å². The van der Waals surface area contributed by atoms with Crippen LogP contribution in [0.25, 0.3) is 0 Å². The minimum Gasteiger partial charge on any atom is -0.496 e. The van der Waals surface area contributed by atoms with Gasteiger partial charge in [0.2, 0.25) is 0 Å². The molecule has 0 aliphatic rings. The summed E-state index contributed by atoms with van der Waals surface area (Å²) in [6, 6.07) is 3.46. The van der Waals surface area contributed by atoms with Crippen molar-refractivity contribution in [1.29, 1.82) is 0 Å². The van der Waals surface area contributed by atoms with E-state index in [1.54, 1.807) is 7.11 Å². The lowest BCUT2D eigenvalue weighted by atomic mass is 9.87. The van der Waals surface area contributed by atoms with E-state index in [1.807, 2.05) is 32.9 Å². The molecule has 0 saturated heterocycles. The molecule has 1 rings (SSSR count). The molecule has 0 saturated carbocycles. The van der Waals surface area contributed by atoms with Gasteiger partial charge in [-0.05, 0) is 43.0 Å². The first-order valence-electron chi connectivity index (χ1n) is 6.45. The van der Waals surface area contributed by atoms with Crippen molar-refractivity contribution in [2.45, 2.75) is 33.2 Å². The Bertz CT molecular complexity index is 457. The number of esters is 1. The van der Waals surface area contributed by atoms with E-state index in [1.165, 1.54) is 7.11 Å². The van der Waals surface area contributed by atoms with Crippen LogP contribution in [-0.2, 0) is 9.53 Å². The van der Waals surface area contributed by atoms with Gasteiger partial charge in [0, 0.05) is 6.04 Å². The third-order valence-electron chi connectivity index (χ3n) is 3.74. The zero-order valence-electron chi connectivity index (χ0n) is 12.3. The lowest BCUT2D eigenvalue weighted by Crippen LogP contribution is -2.29. The maximum Gasteiger partial charge on any atom is 0.310 e. The Hall–Kier alpha value is -1.55. The molecule has 1 aromatic carbocycles. The van der Waals surface area contributed by atoms with Crippen LogP contribution < -0.4 is 10.5 Å². The molecular weight excluding hydrogens is 242 g/mol. The van der Waals surface area contributed by atoms with Gasteiger partial charge in [-0.15, -0.1) is 0 Å². The predicted molar refractivity (Wildman–Crippen MR) is 75.2 cm³/mol. The second-order valence-corrected chi connectivity index (χ2v) is 4.67. The quantitative estimate of drug-likeness (QED) is 0.831. The van der Waals surface area contributed by atoms with Gasteiger partial charge in [-0.1, -0.05) is 13.0 Å². The fraction of sp³-hybridized carbons (Fsp3) is 0.533. The zero-order chi connectivity index (χ0) is 14.6. The van der Waals surface area contributed by atoms with Crippen LogP contribution in [0, 0.1) is 19.8 Å². The minimum atomic E-state index is -0.359. The van der Waals surface area contributed by atoms with E-state index in [9.17, 15) is 4.79 Å². The number of ether oxygens (including phenoxy) is 2. The van der Waals surface area contributed by atoms with E-state index in [-0.39, 0.29) is 17.9 Å². The van der Waals surface area contributed by atoms with Crippen LogP contribution >= 0.6 is 0 Å². The summed E-state index contributed by atoms with van der Waals surface area (Å²) in [5.74, 6) is 0.249. The van der Waals surface area contributed by atoms with E-state index in [0.717, 1.165) is 22.4 Å². The number of hydrogen-bond donors (Lipinski definition) is 1. The van der Waals surface area contributed by atoms with Gasteiger partial charge >= 0.3 is 5.97 Å². The van der Waals surface area contributed by atoms with Crippen molar-refractivity contribution in [2.24, 2.45) is 11.7 Å². The summed E-state index contributed by atoms with van der Waals surface area (Å²) in [5, 5.41) is 0. The summed E-state index contributed by atoms with van der Waals surface area (Å²) >= 11 is 0. The Morgan fingerprint density at radius 2 is 1.89 bits per heavy atom. The number of rotatable bonds is 5. The lowest BCUT2D eigenvalue weighted by molar-refractivity contribution is -0.146. The summed E-state index contributed by atoms with van der Waals surface area (Å²) in [6.45, 7) is 5.92. The zero-order valence-corrected chi connectivity index (χ0v) is 12.3. The third-order valence-corrected chi connectivity index (χ3v) is 3.74. The van der Waals surface area contributed by atoms with Crippen molar-refractivity contribution < 1.29 is 14.3 Å². The lowest BCUT2D eigenvalue weighted by Gasteiger charge is -2.23. The van der Waals surface area contributed by atoms with Crippen LogP contribution in [0.4, 0.5) is 0 Å². The number of benzene rings is 1. The Kier molecular flexibility index (Phi) is 5.36. The maximum absolute atomic E-state index is 11.8. The monoisotopic (exact) mass is 265 g/mol. The number of methoxy groups -OCH3 is 2. The number of hydrogen-bond acceptors (Lipinski definition) is 4. The molecule has 0 aromatic heterocycles. The van der Waals surface area contributed by atoms with Crippen LogP contribution in [0.2, 0.25) is 0 Å². The molecule has 1 aromatic rings. The molecule has 0 aliphatic heterocycles. The van der Waals surface area contributed by atoms with Gasteiger partial charge in [0.1, 0.15) is 5.75 Å². The van der Waals surface area contributed by atoms with Crippen molar-refractivity contribution in [1.82, 2.24) is 0 Å². The summed E-state index contributed by atoms with van der Waals surface area (Å²) in [6.07, 6.45) is 0.651. The van der Waals surface area contributed by atoms with E-state index in [4.69, 9.17) is 15.2 Å². The third kappa shape index (κ3) is 3.07. The van der Waals surface area contributed by atoms with Gasteiger partial charge in [0.25, 0.3) is 0 Å². The van der Waals surface area contributed by atoms with Crippen molar-refractivity contribution in [2.75, 3.05) is 14.2 Å². The van der Waals surface area contributed by atoms with Crippen LogP contribution in [0.3, 0.4) is 0 Å². The van der Waals surface area contributed by atoms with E-state index in [0.29, 0.717) is 6.42 Å². The molecule has 2 unspecified atom stereocenters. The minimum absolute atomic E-state index is 0.261. The van der Waals surface area contributed by atoms with E-state index < -0.39 is 0 Å². The maximum atomic E-state index is 11.8. The smallest absolute Gasteiger partial charge is 0.310 e. The molecule has 0 aliphatic carbocycles. The Balaban J connectivity index is 3.15. The van der Waals surface area contributed by atoms with Gasteiger partial charge in [-0.3, -0.25) is 4.79 Å². The normalized spacial score (nSPS) is 13.8. The van der Waals surface area contributed by atoms with Crippen molar-refractivity contribution in [3.05, 3.63) is 28.8 Å². The molecule has 106 valence electrons. The second kappa shape index (κ2) is 6.57. The van der Waals surface area contributed by atoms with Crippen LogP contribution in [-0.4, -0.2) is 20.2 Å².